The van der Waals surface area contributed by atoms with Crippen LogP contribution in [0, 0.1) is 0 Å². The first kappa shape index (κ1) is 10.9. The highest BCUT2D eigenvalue weighted by molar-refractivity contribution is 6.30. The van der Waals surface area contributed by atoms with Crippen LogP contribution in [0.5, 0.6) is 0 Å². The van der Waals surface area contributed by atoms with E-state index in [0.717, 1.165) is 5.56 Å². The third-order valence-corrected chi connectivity index (χ3v) is 2.42. The van der Waals surface area contributed by atoms with Crippen molar-refractivity contribution in [1.82, 2.24) is 5.16 Å². The van der Waals surface area contributed by atoms with Crippen LogP contribution in [0.15, 0.2) is 34.9 Å². The van der Waals surface area contributed by atoms with Gasteiger partial charge < -0.3 is 4.52 Å². The van der Waals surface area contributed by atoms with Gasteiger partial charge in [0.2, 0.25) is 0 Å². The Morgan fingerprint density at radius 2 is 2.25 bits per heavy atom. The molecular formula is C12H10ClNO2. The van der Waals surface area contributed by atoms with E-state index >= 15 is 0 Å². The fourth-order valence-corrected chi connectivity index (χ4v) is 1.62. The molecule has 1 heterocycles. The zero-order chi connectivity index (χ0) is 11.5. The summed E-state index contributed by atoms with van der Waals surface area (Å²) in [5, 5.41) is 4.36. The van der Waals surface area contributed by atoms with Gasteiger partial charge >= 0.3 is 0 Å². The molecule has 82 valence electrons. The van der Waals surface area contributed by atoms with Crippen molar-refractivity contribution in [2.75, 3.05) is 0 Å². The summed E-state index contributed by atoms with van der Waals surface area (Å²) >= 11 is 5.87. The summed E-state index contributed by atoms with van der Waals surface area (Å²) in [6.45, 7) is 1.46. The molecule has 0 amide bonds. The van der Waals surface area contributed by atoms with E-state index in [-0.39, 0.29) is 5.78 Å². The normalized spacial score (nSPS) is 10.4. The van der Waals surface area contributed by atoms with Crippen molar-refractivity contribution in [3.05, 3.63) is 52.4 Å². The second-order valence-electron chi connectivity index (χ2n) is 3.54. The van der Waals surface area contributed by atoms with Gasteiger partial charge in [0.25, 0.3) is 0 Å². The summed E-state index contributed by atoms with van der Waals surface area (Å²) in [7, 11) is 0. The first-order chi connectivity index (χ1) is 7.65. The van der Waals surface area contributed by atoms with Crippen molar-refractivity contribution in [2.24, 2.45) is 0 Å². The monoisotopic (exact) mass is 235 g/mol. The molecule has 0 aliphatic heterocycles. The van der Waals surface area contributed by atoms with Gasteiger partial charge in [0.05, 0.1) is 0 Å². The highest BCUT2D eigenvalue weighted by Crippen LogP contribution is 2.15. The Bertz CT molecular complexity index is 519. The van der Waals surface area contributed by atoms with Gasteiger partial charge in [-0.2, -0.15) is 0 Å². The molecule has 1 aromatic heterocycles. The lowest BCUT2D eigenvalue weighted by molar-refractivity contribution is 0.100. The highest BCUT2D eigenvalue weighted by atomic mass is 35.5. The molecule has 0 N–H and O–H groups in total. The van der Waals surface area contributed by atoms with Crippen LogP contribution in [0.1, 0.15) is 28.7 Å². The number of benzene rings is 1. The quantitative estimate of drug-likeness (QED) is 0.768. The SMILES string of the molecule is CC(=O)c1cc(Cc2cccc(Cl)c2)on1. The van der Waals surface area contributed by atoms with E-state index in [9.17, 15) is 4.79 Å². The molecule has 0 atom stereocenters. The van der Waals surface area contributed by atoms with E-state index in [0.29, 0.717) is 22.9 Å². The summed E-state index contributed by atoms with van der Waals surface area (Å²) in [6, 6.07) is 9.15. The average molecular weight is 236 g/mol. The zero-order valence-corrected chi connectivity index (χ0v) is 9.49. The first-order valence-corrected chi connectivity index (χ1v) is 5.24. The fourth-order valence-electron chi connectivity index (χ4n) is 1.41. The van der Waals surface area contributed by atoms with Crippen molar-refractivity contribution in [1.29, 1.82) is 0 Å². The molecule has 0 unspecified atom stereocenters. The molecule has 0 saturated heterocycles. The molecule has 0 fully saturated rings. The average Bonchev–Trinajstić information content (AvgIpc) is 2.66. The van der Waals surface area contributed by atoms with Crippen molar-refractivity contribution >= 4 is 17.4 Å². The van der Waals surface area contributed by atoms with Gasteiger partial charge in [-0.25, -0.2) is 0 Å². The number of carbonyl (C=O) groups is 1. The number of ketones is 1. The highest BCUT2D eigenvalue weighted by Gasteiger charge is 2.08. The number of nitrogens with zero attached hydrogens (tertiary/aromatic N) is 1. The van der Waals surface area contributed by atoms with Crippen LogP contribution in [-0.2, 0) is 6.42 Å². The maximum atomic E-state index is 11.0. The number of hydrogen-bond donors (Lipinski definition) is 0. The molecule has 16 heavy (non-hydrogen) atoms. The van der Waals surface area contributed by atoms with Gasteiger partial charge in [0, 0.05) is 24.4 Å². The molecular weight excluding hydrogens is 226 g/mol. The summed E-state index contributed by atoms with van der Waals surface area (Å²) < 4.78 is 5.06. The largest absolute Gasteiger partial charge is 0.360 e. The standard InChI is InChI=1S/C12H10ClNO2/c1-8(15)12-7-11(16-14-12)6-9-3-2-4-10(13)5-9/h2-5,7H,6H2,1H3. The van der Waals surface area contributed by atoms with Gasteiger partial charge in [-0.3, -0.25) is 4.79 Å². The topological polar surface area (TPSA) is 43.1 Å². The lowest BCUT2D eigenvalue weighted by Crippen LogP contribution is -1.90. The second-order valence-corrected chi connectivity index (χ2v) is 3.98. The molecule has 0 aliphatic rings. The summed E-state index contributed by atoms with van der Waals surface area (Å²) in [4.78, 5) is 11.0. The molecule has 1 aromatic carbocycles. The minimum atomic E-state index is -0.0962. The maximum absolute atomic E-state index is 11.0. The number of rotatable bonds is 3. The van der Waals surface area contributed by atoms with Crippen molar-refractivity contribution in [3.8, 4) is 0 Å². The van der Waals surface area contributed by atoms with Crippen LogP contribution in [0.4, 0.5) is 0 Å². The van der Waals surface area contributed by atoms with Crippen molar-refractivity contribution in [3.63, 3.8) is 0 Å². The molecule has 2 rings (SSSR count). The summed E-state index contributed by atoms with van der Waals surface area (Å²) in [6.07, 6.45) is 0.584. The number of aromatic nitrogens is 1. The lowest BCUT2D eigenvalue weighted by atomic mass is 10.1. The molecule has 0 radical (unpaired) electrons. The van der Waals surface area contributed by atoms with Gasteiger partial charge in [-0.15, -0.1) is 0 Å². The predicted molar refractivity (Wildman–Crippen MR) is 60.8 cm³/mol. The molecule has 0 bridgehead atoms. The number of halogens is 1. The third-order valence-electron chi connectivity index (χ3n) is 2.19. The van der Waals surface area contributed by atoms with E-state index in [2.05, 4.69) is 5.16 Å². The van der Waals surface area contributed by atoms with Gasteiger partial charge in [-0.05, 0) is 17.7 Å². The minimum Gasteiger partial charge on any atom is -0.360 e. The van der Waals surface area contributed by atoms with E-state index < -0.39 is 0 Å². The van der Waals surface area contributed by atoms with Crippen LogP contribution in [0.25, 0.3) is 0 Å². The smallest absolute Gasteiger partial charge is 0.181 e. The molecule has 2 aromatic rings. The van der Waals surface area contributed by atoms with Crippen molar-refractivity contribution in [2.45, 2.75) is 13.3 Å². The molecule has 0 saturated carbocycles. The van der Waals surface area contributed by atoms with Gasteiger partial charge in [-0.1, -0.05) is 28.9 Å². The third kappa shape index (κ3) is 2.49. The fraction of sp³-hybridized carbons (Fsp3) is 0.167. The molecule has 3 nitrogen and oxygen atoms in total. The van der Waals surface area contributed by atoms with Gasteiger partial charge in [0.1, 0.15) is 11.5 Å². The Morgan fingerprint density at radius 3 is 2.88 bits per heavy atom. The second kappa shape index (κ2) is 4.49. The van der Waals surface area contributed by atoms with E-state index in [1.54, 1.807) is 6.07 Å². The van der Waals surface area contributed by atoms with Crippen LogP contribution in [-0.4, -0.2) is 10.9 Å². The Kier molecular flexibility index (Phi) is 3.06. The first-order valence-electron chi connectivity index (χ1n) is 4.86. The van der Waals surface area contributed by atoms with Crippen LogP contribution < -0.4 is 0 Å². The number of carbonyl (C=O) groups excluding carboxylic acids is 1. The maximum Gasteiger partial charge on any atom is 0.181 e. The Hall–Kier alpha value is -1.61. The van der Waals surface area contributed by atoms with Crippen molar-refractivity contribution < 1.29 is 9.32 Å². The summed E-state index contributed by atoms with van der Waals surface area (Å²) in [5.74, 6) is 0.563. The molecule has 0 spiro atoms. The Morgan fingerprint density at radius 1 is 1.44 bits per heavy atom. The van der Waals surface area contributed by atoms with E-state index in [4.69, 9.17) is 16.1 Å². The van der Waals surface area contributed by atoms with Crippen LogP contribution >= 0.6 is 11.6 Å². The molecule has 0 aliphatic carbocycles. The van der Waals surface area contributed by atoms with Crippen LogP contribution in [0.2, 0.25) is 5.02 Å². The molecule has 4 heteroatoms. The van der Waals surface area contributed by atoms with Gasteiger partial charge in [0.15, 0.2) is 5.78 Å². The van der Waals surface area contributed by atoms with Crippen LogP contribution in [0.3, 0.4) is 0 Å². The van der Waals surface area contributed by atoms with E-state index in [1.165, 1.54) is 6.92 Å². The predicted octanol–water partition coefficient (Wildman–Crippen LogP) is 3.12. The van der Waals surface area contributed by atoms with E-state index in [1.807, 2.05) is 24.3 Å². The number of hydrogen-bond acceptors (Lipinski definition) is 3. The Balaban J connectivity index is 2.17. The minimum absolute atomic E-state index is 0.0962. The summed E-state index contributed by atoms with van der Waals surface area (Å²) in [5.41, 5.74) is 1.38. The number of Topliss-reactive ketones (excluding diaryl/α,β-unsaturated/α-hetero) is 1. The lowest BCUT2D eigenvalue weighted by Gasteiger charge is -1.97. The Labute approximate surface area is 98.0 Å². The zero-order valence-electron chi connectivity index (χ0n) is 8.74.